The van der Waals surface area contributed by atoms with E-state index < -0.39 is 0 Å². The van der Waals surface area contributed by atoms with Gasteiger partial charge in [0.2, 0.25) is 0 Å². The van der Waals surface area contributed by atoms with Crippen molar-refractivity contribution in [2.45, 2.75) is 71.8 Å². The lowest BCUT2D eigenvalue weighted by Gasteiger charge is -2.40. The predicted molar refractivity (Wildman–Crippen MR) is 80.2 cm³/mol. The van der Waals surface area contributed by atoms with Crippen molar-refractivity contribution in [3.05, 3.63) is 0 Å². The summed E-state index contributed by atoms with van der Waals surface area (Å²) >= 11 is 0. The summed E-state index contributed by atoms with van der Waals surface area (Å²) < 4.78 is 0. The Hall–Kier alpha value is -0.370. The van der Waals surface area contributed by atoms with E-state index in [1.54, 1.807) is 0 Å². The fourth-order valence-corrected chi connectivity index (χ4v) is 4.21. The molecule has 0 saturated heterocycles. The Morgan fingerprint density at radius 3 is 2.53 bits per heavy atom. The molecule has 0 aromatic heterocycles. The highest BCUT2D eigenvalue weighted by Gasteiger charge is 2.38. The lowest BCUT2D eigenvalue weighted by atomic mass is 9.70. The fraction of sp³-hybridized carbons (Fsp3) is 0.941. The molecule has 0 aliphatic heterocycles. The van der Waals surface area contributed by atoms with E-state index in [0.717, 1.165) is 25.3 Å². The zero-order valence-electron chi connectivity index (χ0n) is 13.2. The highest BCUT2D eigenvalue weighted by Crippen LogP contribution is 2.36. The summed E-state index contributed by atoms with van der Waals surface area (Å²) in [6, 6.07) is 0.701. The lowest BCUT2D eigenvalue weighted by Crippen LogP contribution is -2.46. The molecule has 0 N–H and O–H groups in total. The van der Waals surface area contributed by atoms with E-state index >= 15 is 0 Å². The van der Waals surface area contributed by atoms with E-state index in [0.29, 0.717) is 11.8 Å². The molecule has 0 aromatic rings. The topological polar surface area (TPSA) is 20.3 Å². The van der Waals surface area contributed by atoms with Gasteiger partial charge >= 0.3 is 0 Å². The van der Waals surface area contributed by atoms with Gasteiger partial charge in [0, 0.05) is 23.9 Å². The molecule has 2 aliphatic carbocycles. The lowest BCUT2D eigenvalue weighted by molar-refractivity contribution is -0.135. The molecule has 3 atom stereocenters. The SMILES string of the molecule is CC1CCCCC1N(C)CC1CCCC(C)(C)C1=O. The van der Waals surface area contributed by atoms with E-state index in [-0.39, 0.29) is 11.3 Å². The Morgan fingerprint density at radius 2 is 1.84 bits per heavy atom. The highest BCUT2D eigenvalue weighted by molar-refractivity contribution is 5.87. The normalized spacial score (nSPS) is 35.6. The van der Waals surface area contributed by atoms with Gasteiger partial charge in [-0.3, -0.25) is 4.79 Å². The molecule has 0 heterocycles. The Bertz CT molecular complexity index is 323. The summed E-state index contributed by atoms with van der Waals surface area (Å²) in [6.07, 6.45) is 8.84. The first-order valence-corrected chi connectivity index (χ1v) is 8.16. The number of nitrogens with zero attached hydrogens (tertiary/aromatic N) is 1. The minimum Gasteiger partial charge on any atom is -0.302 e. The van der Waals surface area contributed by atoms with Crippen LogP contribution >= 0.6 is 0 Å². The van der Waals surface area contributed by atoms with Crippen LogP contribution in [0, 0.1) is 17.3 Å². The standard InChI is InChI=1S/C17H31NO/c1-13-8-5-6-10-15(13)18(4)12-14-9-7-11-17(2,3)16(14)19/h13-15H,5-12H2,1-4H3. The quantitative estimate of drug-likeness (QED) is 0.771. The first-order chi connectivity index (χ1) is 8.92. The summed E-state index contributed by atoms with van der Waals surface area (Å²) in [6.45, 7) is 7.62. The molecular weight excluding hydrogens is 234 g/mol. The third-order valence-electron chi connectivity index (χ3n) is 5.53. The van der Waals surface area contributed by atoms with Gasteiger partial charge in [-0.25, -0.2) is 0 Å². The third kappa shape index (κ3) is 3.39. The molecule has 110 valence electrons. The molecule has 0 spiro atoms. The second-order valence-electron chi connectivity index (χ2n) is 7.61. The van der Waals surface area contributed by atoms with Crippen LogP contribution in [-0.2, 0) is 4.79 Å². The smallest absolute Gasteiger partial charge is 0.142 e. The first kappa shape index (κ1) is 15.0. The number of carbonyl (C=O) groups excluding carboxylic acids is 1. The van der Waals surface area contributed by atoms with E-state index in [9.17, 15) is 4.79 Å². The highest BCUT2D eigenvalue weighted by atomic mass is 16.1. The molecule has 2 nitrogen and oxygen atoms in total. The van der Waals surface area contributed by atoms with Crippen LogP contribution < -0.4 is 0 Å². The van der Waals surface area contributed by atoms with Gasteiger partial charge in [0.1, 0.15) is 5.78 Å². The zero-order valence-corrected chi connectivity index (χ0v) is 13.2. The number of carbonyl (C=O) groups is 1. The molecule has 0 amide bonds. The summed E-state index contributed by atoms with van der Waals surface area (Å²) in [5.41, 5.74) is -0.0814. The Labute approximate surface area is 118 Å². The maximum absolute atomic E-state index is 12.5. The van der Waals surface area contributed by atoms with Crippen molar-refractivity contribution in [3.8, 4) is 0 Å². The minimum absolute atomic E-state index is 0.0814. The van der Waals surface area contributed by atoms with E-state index in [2.05, 4.69) is 32.7 Å². The molecule has 0 radical (unpaired) electrons. The van der Waals surface area contributed by atoms with Gasteiger partial charge in [-0.15, -0.1) is 0 Å². The average Bonchev–Trinajstić information content (AvgIpc) is 2.35. The van der Waals surface area contributed by atoms with Gasteiger partial charge in [-0.05, 0) is 38.6 Å². The van der Waals surface area contributed by atoms with Crippen LogP contribution in [0.3, 0.4) is 0 Å². The van der Waals surface area contributed by atoms with Crippen molar-refractivity contribution in [2.75, 3.05) is 13.6 Å². The van der Waals surface area contributed by atoms with Crippen LogP contribution in [0.5, 0.6) is 0 Å². The molecule has 0 aromatic carbocycles. The summed E-state index contributed by atoms with van der Waals surface area (Å²) in [5, 5.41) is 0. The molecule has 2 rings (SSSR count). The van der Waals surface area contributed by atoms with Crippen molar-refractivity contribution in [2.24, 2.45) is 17.3 Å². The van der Waals surface area contributed by atoms with Crippen molar-refractivity contribution >= 4 is 5.78 Å². The summed E-state index contributed by atoms with van der Waals surface area (Å²) in [4.78, 5) is 15.0. The van der Waals surface area contributed by atoms with Gasteiger partial charge in [0.25, 0.3) is 0 Å². The fourth-order valence-electron chi connectivity index (χ4n) is 4.21. The second kappa shape index (κ2) is 5.95. The van der Waals surface area contributed by atoms with Crippen molar-refractivity contribution in [1.82, 2.24) is 4.90 Å². The zero-order chi connectivity index (χ0) is 14.0. The molecule has 2 heteroatoms. The van der Waals surface area contributed by atoms with Gasteiger partial charge in [-0.1, -0.05) is 40.0 Å². The van der Waals surface area contributed by atoms with Gasteiger partial charge in [0.05, 0.1) is 0 Å². The second-order valence-corrected chi connectivity index (χ2v) is 7.61. The van der Waals surface area contributed by atoms with Crippen LogP contribution in [0.15, 0.2) is 0 Å². The summed E-state index contributed by atoms with van der Waals surface area (Å²) in [5.74, 6) is 1.59. The maximum atomic E-state index is 12.5. The van der Waals surface area contributed by atoms with E-state index in [4.69, 9.17) is 0 Å². The number of hydrogen-bond acceptors (Lipinski definition) is 2. The molecule has 3 unspecified atom stereocenters. The number of hydrogen-bond donors (Lipinski definition) is 0. The minimum atomic E-state index is -0.0814. The Kier molecular flexibility index (Phi) is 4.70. The largest absolute Gasteiger partial charge is 0.302 e. The van der Waals surface area contributed by atoms with Gasteiger partial charge < -0.3 is 4.90 Å². The number of rotatable bonds is 3. The Morgan fingerprint density at radius 1 is 1.16 bits per heavy atom. The molecule has 2 aliphatic rings. The van der Waals surface area contributed by atoms with Gasteiger partial charge in [-0.2, -0.15) is 0 Å². The summed E-state index contributed by atoms with van der Waals surface area (Å²) in [7, 11) is 2.24. The van der Waals surface area contributed by atoms with E-state index in [1.807, 2.05) is 0 Å². The van der Waals surface area contributed by atoms with Crippen LogP contribution in [0.2, 0.25) is 0 Å². The van der Waals surface area contributed by atoms with Gasteiger partial charge in [0.15, 0.2) is 0 Å². The maximum Gasteiger partial charge on any atom is 0.142 e. The van der Waals surface area contributed by atoms with Crippen molar-refractivity contribution < 1.29 is 4.79 Å². The van der Waals surface area contributed by atoms with E-state index in [1.165, 1.54) is 32.1 Å². The molecule has 19 heavy (non-hydrogen) atoms. The monoisotopic (exact) mass is 265 g/mol. The van der Waals surface area contributed by atoms with Crippen LogP contribution in [0.1, 0.15) is 65.7 Å². The molecule has 2 fully saturated rings. The van der Waals surface area contributed by atoms with Crippen LogP contribution in [0.4, 0.5) is 0 Å². The van der Waals surface area contributed by atoms with Crippen LogP contribution in [0.25, 0.3) is 0 Å². The number of ketones is 1. The molecule has 2 saturated carbocycles. The van der Waals surface area contributed by atoms with Crippen molar-refractivity contribution in [3.63, 3.8) is 0 Å². The predicted octanol–water partition coefficient (Wildman–Crippen LogP) is 3.89. The molecular formula is C17H31NO. The average molecular weight is 265 g/mol. The van der Waals surface area contributed by atoms with Crippen LogP contribution in [-0.4, -0.2) is 30.3 Å². The third-order valence-corrected chi connectivity index (χ3v) is 5.53. The van der Waals surface area contributed by atoms with Crippen molar-refractivity contribution in [1.29, 1.82) is 0 Å². The first-order valence-electron chi connectivity index (χ1n) is 8.16. The number of Topliss-reactive ketones (excluding diaryl/α,β-unsaturated/α-hetero) is 1. The Balaban J connectivity index is 1.94. The molecule has 0 bridgehead atoms.